The predicted octanol–water partition coefficient (Wildman–Crippen LogP) is 3.38. The van der Waals surface area contributed by atoms with Gasteiger partial charge in [0, 0.05) is 11.0 Å². The Kier molecular flexibility index (Phi) is 5.72. The van der Waals surface area contributed by atoms with E-state index in [1.54, 1.807) is 41.4 Å². The summed E-state index contributed by atoms with van der Waals surface area (Å²) < 4.78 is 10.2. The normalized spacial score (nSPS) is 15.7. The summed E-state index contributed by atoms with van der Waals surface area (Å²) in [5.41, 5.74) is 0.290. The number of carbonyl (C=O) groups is 2. The lowest BCUT2D eigenvalue weighted by molar-refractivity contribution is -0.139. The average Bonchev–Trinajstić information content (AvgIpc) is 3.33. The van der Waals surface area contributed by atoms with Gasteiger partial charge < -0.3 is 9.15 Å². The molecule has 1 aliphatic heterocycles. The molecule has 2 aromatic rings. The molecule has 1 aliphatic rings. The van der Waals surface area contributed by atoms with Crippen molar-refractivity contribution in [3.63, 3.8) is 0 Å². The number of amidine groups is 1. The highest BCUT2D eigenvalue weighted by molar-refractivity contribution is 8.14. The first-order chi connectivity index (χ1) is 12.2. The Morgan fingerprint density at radius 1 is 1.44 bits per heavy atom. The largest absolute Gasteiger partial charge is 0.465 e. The first-order valence-electron chi connectivity index (χ1n) is 7.64. The highest BCUT2D eigenvalue weighted by Gasteiger charge is 2.31. The lowest BCUT2D eigenvalue weighted by atomic mass is 10.3. The van der Waals surface area contributed by atoms with Gasteiger partial charge in [0.2, 0.25) is 0 Å². The zero-order valence-electron chi connectivity index (χ0n) is 13.5. The molecule has 0 saturated heterocycles. The maximum atomic E-state index is 12.7. The molecule has 0 aromatic carbocycles. The summed E-state index contributed by atoms with van der Waals surface area (Å²) in [6.45, 7) is 2.50. The van der Waals surface area contributed by atoms with Crippen molar-refractivity contribution in [2.24, 2.45) is 4.99 Å². The zero-order valence-corrected chi connectivity index (χ0v) is 15.1. The molecule has 130 valence electrons. The number of amides is 1. The van der Waals surface area contributed by atoms with E-state index < -0.39 is 0 Å². The zero-order chi connectivity index (χ0) is 17.6. The molecule has 0 spiro atoms. The molecule has 6 nitrogen and oxygen atoms in total. The number of hydrogen-bond acceptors (Lipinski definition) is 7. The minimum atomic E-state index is -0.331. The van der Waals surface area contributed by atoms with Crippen LogP contribution in [0.1, 0.15) is 17.6 Å². The van der Waals surface area contributed by atoms with Crippen LogP contribution in [0.25, 0.3) is 6.08 Å². The molecule has 0 unspecified atom stereocenters. The monoisotopic (exact) mass is 376 g/mol. The number of rotatable bonds is 6. The molecule has 2 aromatic heterocycles. The fourth-order valence-electron chi connectivity index (χ4n) is 2.17. The minimum absolute atomic E-state index is 0.106. The van der Waals surface area contributed by atoms with E-state index in [0.717, 1.165) is 4.88 Å². The van der Waals surface area contributed by atoms with Crippen LogP contribution < -0.4 is 0 Å². The van der Waals surface area contributed by atoms with Crippen LogP contribution in [0, 0.1) is 0 Å². The lowest BCUT2D eigenvalue weighted by Gasteiger charge is -2.16. The maximum absolute atomic E-state index is 12.7. The van der Waals surface area contributed by atoms with Crippen molar-refractivity contribution in [2.75, 3.05) is 12.4 Å². The number of thioether (sulfide) groups is 1. The molecule has 0 bridgehead atoms. The number of carbonyl (C=O) groups excluding carboxylic acids is 2. The van der Waals surface area contributed by atoms with Crippen LogP contribution in [0.5, 0.6) is 0 Å². The van der Waals surface area contributed by atoms with Gasteiger partial charge in [-0.15, -0.1) is 11.3 Å². The Morgan fingerprint density at radius 3 is 3.00 bits per heavy atom. The fourth-order valence-corrected chi connectivity index (χ4v) is 3.66. The van der Waals surface area contributed by atoms with Gasteiger partial charge in [0.1, 0.15) is 11.5 Å². The maximum Gasteiger partial charge on any atom is 0.316 e. The van der Waals surface area contributed by atoms with E-state index in [1.165, 1.54) is 18.0 Å². The highest BCUT2D eigenvalue weighted by atomic mass is 32.2. The Balaban J connectivity index is 1.80. The molecular formula is C17H16N2O4S2. The van der Waals surface area contributed by atoms with Crippen LogP contribution >= 0.6 is 23.1 Å². The third kappa shape index (κ3) is 4.40. The number of furan rings is 1. The van der Waals surface area contributed by atoms with E-state index in [4.69, 9.17) is 9.15 Å². The van der Waals surface area contributed by atoms with E-state index in [-0.39, 0.29) is 23.3 Å². The topological polar surface area (TPSA) is 72.1 Å². The van der Waals surface area contributed by atoms with Crippen LogP contribution in [0.2, 0.25) is 0 Å². The van der Waals surface area contributed by atoms with Gasteiger partial charge in [0.25, 0.3) is 5.91 Å². The summed E-state index contributed by atoms with van der Waals surface area (Å²) >= 11 is 2.76. The van der Waals surface area contributed by atoms with E-state index in [0.29, 0.717) is 24.1 Å². The molecule has 3 heterocycles. The number of aliphatic imine (C=N–C) groups is 1. The van der Waals surface area contributed by atoms with Crippen LogP contribution in [0.15, 0.2) is 51.0 Å². The van der Waals surface area contributed by atoms with Gasteiger partial charge >= 0.3 is 5.97 Å². The third-order valence-corrected chi connectivity index (χ3v) is 5.06. The van der Waals surface area contributed by atoms with Crippen molar-refractivity contribution >= 4 is 46.2 Å². The molecule has 0 saturated carbocycles. The molecule has 0 radical (unpaired) electrons. The first-order valence-corrected chi connectivity index (χ1v) is 9.50. The van der Waals surface area contributed by atoms with E-state index >= 15 is 0 Å². The summed E-state index contributed by atoms with van der Waals surface area (Å²) in [5, 5.41) is 2.45. The van der Waals surface area contributed by atoms with Crippen molar-refractivity contribution < 1.29 is 18.7 Å². The second-order valence-electron chi connectivity index (χ2n) is 5.00. The van der Waals surface area contributed by atoms with Crippen LogP contribution in [-0.2, 0) is 20.9 Å². The van der Waals surface area contributed by atoms with Gasteiger partial charge in [-0.3, -0.25) is 14.5 Å². The van der Waals surface area contributed by atoms with Gasteiger partial charge in [-0.25, -0.2) is 4.99 Å². The first kappa shape index (κ1) is 17.5. The summed E-state index contributed by atoms with van der Waals surface area (Å²) in [6, 6.07) is 7.39. The molecule has 0 fully saturated rings. The SMILES string of the molecule is CCOC(=O)CSC1=N/C(=C\c2ccco2)C(=O)N1Cc1cccs1. The number of thiophene rings is 1. The fraction of sp³-hybridized carbons (Fsp3) is 0.235. The van der Waals surface area contributed by atoms with Crippen LogP contribution in [0.4, 0.5) is 0 Å². The minimum Gasteiger partial charge on any atom is -0.465 e. The van der Waals surface area contributed by atoms with Crippen LogP contribution in [-0.4, -0.2) is 34.3 Å². The van der Waals surface area contributed by atoms with Gasteiger partial charge in [0.15, 0.2) is 5.17 Å². The van der Waals surface area contributed by atoms with Gasteiger partial charge in [-0.1, -0.05) is 17.8 Å². The summed E-state index contributed by atoms with van der Waals surface area (Å²) in [5.74, 6) is 0.118. The van der Waals surface area contributed by atoms with Crippen molar-refractivity contribution in [2.45, 2.75) is 13.5 Å². The molecule has 25 heavy (non-hydrogen) atoms. The second-order valence-corrected chi connectivity index (χ2v) is 6.98. The van der Waals surface area contributed by atoms with E-state index in [9.17, 15) is 9.59 Å². The van der Waals surface area contributed by atoms with Gasteiger partial charge in [-0.05, 0) is 30.5 Å². The van der Waals surface area contributed by atoms with Crippen molar-refractivity contribution in [1.82, 2.24) is 4.90 Å². The van der Waals surface area contributed by atoms with Crippen molar-refractivity contribution in [1.29, 1.82) is 0 Å². The molecule has 0 atom stereocenters. The smallest absolute Gasteiger partial charge is 0.316 e. The second kappa shape index (κ2) is 8.17. The number of hydrogen-bond donors (Lipinski definition) is 0. The number of ether oxygens (including phenoxy) is 1. The highest BCUT2D eigenvalue weighted by Crippen LogP contribution is 2.27. The Labute approximate surface area is 153 Å². The molecule has 0 aliphatic carbocycles. The van der Waals surface area contributed by atoms with Gasteiger partial charge in [0.05, 0.1) is 25.2 Å². The summed E-state index contributed by atoms with van der Waals surface area (Å²) in [6.07, 6.45) is 3.14. The van der Waals surface area contributed by atoms with E-state index in [1.807, 2.05) is 17.5 Å². The lowest BCUT2D eigenvalue weighted by Crippen LogP contribution is -2.30. The van der Waals surface area contributed by atoms with E-state index in [2.05, 4.69) is 4.99 Å². The molecule has 8 heteroatoms. The average molecular weight is 376 g/mol. The molecule has 0 N–H and O–H groups in total. The van der Waals surface area contributed by atoms with Gasteiger partial charge in [-0.2, -0.15) is 0 Å². The van der Waals surface area contributed by atoms with Crippen molar-refractivity contribution in [3.8, 4) is 0 Å². The molecular weight excluding hydrogens is 360 g/mol. The summed E-state index contributed by atoms with van der Waals surface area (Å²) in [7, 11) is 0. The quantitative estimate of drug-likeness (QED) is 0.571. The molecule has 3 rings (SSSR count). The Hall–Kier alpha value is -2.32. The van der Waals surface area contributed by atoms with Crippen LogP contribution in [0.3, 0.4) is 0 Å². The Bertz CT molecular complexity index is 795. The third-order valence-electron chi connectivity index (χ3n) is 3.25. The van der Waals surface area contributed by atoms with Crippen molar-refractivity contribution in [3.05, 3.63) is 52.2 Å². The predicted molar refractivity (Wildman–Crippen MR) is 98.1 cm³/mol. The molecule has 1 amide bonds. The Morgan fingerprint density at radius 2 is 2.32 bits per heavy atom. The number of nitrogens with zero attached hydrogens (tertiary/aromatic N) is 2. The summed E-state index contributed by atoms with van der Waals surface area (Å²) in [4.78, 5) is 31.3. The number of esters is 1. The standard InChI is InChI=1S/C17H16N2O4S2/c1-2-22-15(20)11-25-17-18-14(9-12-5-3-7-23-12)16(21)19(17)10-13-6-4-8-24-13/h3-9H,2,10-11H2,1H3/b14-9-.